The van der Waals surface area contributed by atoms with Crippen molar-refractivity contribution in [1.82, 2.24) is 24.9 Å². The topological polar surface area (TPSA) is 48.7 Å². The predicted molar refractivity (Wildman–Crippen MR) is 107 cm³/mol. The normalized spacial score (nSPS) is 18.3. The second-order valence-corrected chi connectivity index (χ2v) is 6.65. The molecule has 0 amide bonds. The van der Waals surface area contributed by atoms with E-state index in [9.17, 15) is 13.2 Å². The first-order valence-corrected chi connectivity index (χ1v) is 8.45. The Morgan fingerprint density at radius 3 is 2.77 bits per heavy atom. The molecule has 1 aromatic rings. The molecule has 6 nitrogen and oxygen atoms in total. The van der Waals surface area contributed by atoms with Crippen LogP contribution in [0.2, 0.25) is 0 Å². The maximum absolute atomic E-state index is 12.3. The zero-order valence-electron chi connectivity index (χ0n) is 15.5. The monoisotopic (exact) mass is 488 g/mol. The van der Waals surface area contributed by atoms with Crippen LogP contribution in [0.3, 0.4) is 0 Å². The zero-order valence-corrected chi connectivity index (χ0v) is 17.8. The van der Waals surface area contributed by atoms with Crippen LogP contribution in [-0.4, -0.2) is 78.5 Å². The number of alkyl halides is 3. The summed E-state index contributed by atoms with van der Waals surface area (Å²) in [6.07, 6.45) is 1.82. The third-order valence-electron chi connectivity index (χ3n) is 4.31. The molecule has 1 saturated heterocycles. The smallest absolute Gasteiger partial charge is 0.355 e. The Morgan fingerprint density at radius 2 is 2.19 bits per heavy atom. The minimum atomic E-state index is -4.16. The van der Waals surface area contributed by atoms with E-state index in [2.05, 4.69) is 20.3 Å². The van der Waals surface area contributed by atoms with Crippen LogP contribution in [0.15, 0.2) is 17.4 Å². The highest BCUT2D eigenvalue weighted by Gasteiger charge is 2.29. The van der Waals surface area contributed by atoms with Crippen molar-refractivity contribution in [2.45, 2.75) is 19.0 Å². The molecule has 10 heteroatoms. The van der Waals surface area contributed by atoms with E-state index in [4.69, 9.17) is 0 Å². The van der Waals surface area contributed by atoms with Crippen molar-refractivity contribution in [1.29, 1.82) is 0 Å². The fraction of sp³-hybridized carbons (Fsp3) is 0.750. The Morgan fingerprint density at radius 1 is 1.46 bits per heavy atom. The number of likely N-dealkylation sites (tertiary alicyclic amines) is 1. The molecule has 26 heavy (non-hydrogen) atoms. The maximum Gasteiger partial charge on any atom is 0.401 e. The summed E-state index contributed by atoms with van der Waals surface area (Å²) < 4.78 is 38.8. The maximum atomic E-state index is 12.3. The van der Waals surface area contributed by atoms with E-state index in [1.807, 2.05) is 19.4 Å². The zero-order chi connectivity index (χ0) is 18.4. The molecular weight excluding hydrogens is 460 g/mol. The number of hydrogen-bond acceptors (Lipinski definition) is 3. The van der Waals surface area contributed by atoms with Gasteiger partial charge >= 0.3 is 6.18 Å². The number of rotatable bonds is 6. The van der Waals surface area contributed by atoms with Gasteiger partial charge in [-0.1, -0.05) is 0 Å². The van der Waals surface area contributed by atoms with Gasteiger partial charge in [0.1, 0.15) is 0 Å². The predicted octanol–water partition coefficient (Wildman–Crippen LogP) is 1.97. The lowest BCUT2D eigenvalue weighted by molar-refractivity contribution is -0.142. The van der Waals surface area contributed by atoms with Gasteiger partial charge in [-0.2, -0.15) is 18.3 Å². The summed E-state index contributed by atoms with van der Waals surface area (Å²) in [4.78, 5) is 7.69. The second kappa shape index (κ2) is 10.3. The molecule has 1 unspecified atom stereocenters. The highest BCUT2D eigenvalue weighted by molar-refractivity contribution is 14.0. The number of aryl methyl sites for hydroxylation is 1. The number of halogens is 4. The SMILES string of the molecule is CN=C(NCCN(C)CC(F)(F)F)N1CCC(Cc2cnn(C)c2)C1.I. The highest BCUT2D eigenvalue weighted by atomic mass is 127. The molecule has 0 saturated carbocycles. The van der Waals surface area contributed by atoms with E-state index >= 15 is 0 Å². The molecule has 1 atom stereocenters. The fourth-order valence-electron chi connectivity index (χ4n) is 3.18. The van der Waals surface area contributed by atoms with E-state index in [1.54, 1.807) is 11.7 Å². The molecule has 150 valence electrons. The Hall–Kier alpha value is -1.04. The summed E-state index contributed by atoms with van der Waals surface area (Å²) in [5.74, 6) is 1.30. The number of aliphatic imine (C=N–C) groups is 1. The number of likely N-dealkylation sites (N-methyl/N-ethyl adjacent to an activating group) is 1. The van der Waals surface area contributed by atoms with Crippen molar-refractivity contribution in [3.05, 3.63) is 18.0 Å². The molecule has 0 spiro atoms. The minimum absolute atomic E-state index is 0. The van der Waals surface area contributed by atoms with Crippen molar-refractivity contribution in [3.8, 4) is 0 Å². The Balaban J connectivity index is 0.00000338. The van der Waals surface area contributed by atoms with Crippen LogP contribution in [0.5, 0.6) is 0 Å². The summed E-state index contributed by atoms with van der Waals surface area (Å²) in [5.41, 5.74) is 1.23. The molecule has 2 heterocycles. The average molecular weight is 488 g/mol. The third-order valence-corrected chi connectivity index (χ3v) is 4.31. The summed E-state index contributed by atoms with van der Waals surface area (Å²) in [6, 6.07) is 0. The molecule has 0 aliphatic carbocycles. The summed E-state index contributed by atoms with van der Waals surface area (Å²) in [6.45, 7) is 1.65. The molecule has 1 aliphatic heterocycles. The number of hydrogen-bond donors (Lipinski definition) is 1. The van der Waals surface area contributed by atoms with Gasteiger partial charge in [0.15, 0.2) is 5.96 Å². The van der Waals surface area contributed by atoms with Crippen LogP contribution in [0.4, 0.5) is 13.2 Å². The Kier molecular flexibility index (Phi) is 9.14. The quantitative estimate of drug-likeness (QED) is 0.378. The largest absolute Gasteiger partial charge is 0.401 e. The summed E-state index contributed by atoms with van der Waals surface area (Å²) in [5, 5.41) is 7.36. The molecule has 1 N–H and O–H groups in total. The van der Waals surface area contributed by atoms with E-state index in [-0.39, 0.29) is 24.0 Å². The Bertz CT molecular complexity index is 575. The first-order chi connectivity index (χ1) is 11.8. The van der Waals surface area contributed by atoms with Crippen molar-refractivity contribution >= 4 is 29.9 Å². The number of aromatic nitrogens is 2. The highest BCUT2D eigenvalue weighted by Crippen LogP contribution is 2.20. The molecule has 0 radical (unpaired) electrons. The average Bonchev–Trinajstić information content (AvgIpc) is 3.11. The molecule has 0 aromatic carbocycles. The van der Waals surface area contributed by atoms with Gasteiger partial charge in [0.2, 0.25) is 0 Å². The van der Waals surface area contributed by atoms with E-state index in [0.717, 1.165) is 31.9 Å². The van der Waals surface area contributed by atoms with Gasteiger partial charge in [0, 0.05) is 46.5 Å². The lowest BCUT2D eigenvalue weighted by Crippen LogP contribution is -2.44. The second-order valence-electron chi connectivity index (χ2n) is 6.65. The van der Waals surface area contributed by atoms with Gasteiger partial charge in [-0.05, 0) is 31.4 Å². The van der Waals surface area contributed by atoms with Gasteiger partial charge in [-0.3, -0.25) is 14.6 Å². The molecule has 1 fully saturated rings. The number of nitrogens with one attached hydrogen (secondary N) is 1. The lowest BCUT2D eigenvalue weighted by Gasteiger charge is -2.23. The van der Waals surface area contributed by atoms with Crippen molar-refractivity contribution in [2.75, 3.05) is 46.8 Å². The summed E-state index contributed by atoms with van der Waals surface area (Å²) >= 11 is 0. The minimum Gasteiger partial charge on any atom is -0.355 e. The fourth-order valence-corrected chi connectivity index (χ4v) is 3.18. The van der Waals surface area contributed by atoms with E-state index in [0.29, 0.717) is 19.0 Å². The third kappa shape index (κ3) is 7.68. The molecule has 1 aliphatic rings. The lowest BCUT2D eigenvalue weighted by atomic mass is 10.0. The summed E-state index contributed by atoms with van der Waals surface area (Å²) in [7, 11) is 5.08. The molecule has 0 bridgehead atoms. The van der Waals surface area contributed by atoms with Crippen LogP contribution >= 0.6 is 24.0 Å². The Labute approximate surface area is 169 Å². The van der Waals surface area contributed by atoms with Crippen LogP contribution in [0.25, 0.3) is 0 Å². The van der Waals surface area contributed by atoms with Crippen molar-refractivity contribution in [2.24, 2.45) is 18.0 Å². The van der Waals surface area contributed by atoms with Crippen molar-refractivity contribution < 1.29 is 13.2 Å². The van der Waals surface area contributed by atoms with Gasteiger partial charge in [0.05, 0.1) is 12.7 Å². The number of guanidine groups is 1. The van der Waals surface area contributed by atoms with Crippen molar-refractivity contribution in [3.63, 3.8) is 0 Å². The van der Waals surface area contributed by atoms with E-state index in [1.165, 1.54) is 17.5 Å². The van der Waals surface area contributed by atoms with Gasteiger partial charge < -0.3 is 10.2 Å². The van der Waals surface area contributed by atoms with Gasteiger partial charge in [0.25, 0.3) is 0 Å². The standard InChI is InChI=1S/C16H27F3N6.HI/c1-20-15(21-5-7-23(2)12-16(17,18)19)25-6-4-13(11-25)8-14-9-22-24(3)10-14;/h9-10,13H,4-8,11-12H2,1-3H3,(H,20,21);1H. The van der Waals surface area contributed by atoms with Gasteiger partial charge in [-0.25, -0.2) is 0 Å². The molecular formula is C16H28F3IN6. The molecule has 2 rings (SSSR count). The van der Waals surface area contributed by atoms with Crippen LogP contribution in [0, 0.1) is 5.92 Å². The van der Waals surface area contributed by atoms with Crippen LogP contribution in [-0.2, 0) is 13.5 Å². The molecule has 1 aromatic heterocycles. The van der Waals surface area contributed by atoms with Gasteiger partial charge in [-0.15, -0.1) is 24.0 Å². The van der Waals surface area contributed by atoms with Crippen LogP contribution < -0.4 is 5.32 Å². The first-order valence-electron chi connectivity index (χ1n) is 8.45. The first kappa shape index (κ1) is 23.0. The van der Waals surface area contributed by atoms with E-state index < -0.39 is 12.7 Å². The number of nitrogens with zero attached hydrogens (tertiary/aromatic N) is 5. The van der Waals surface area contributed by atoms with Crippen LogP contribution in [0.1, 0.15) is 12.0 Å².